The van der Waals surface area contributed by atoms with Gasteiger partial charge in [-0.15, -0.1) is 0 Å². The van der Waals surface area contributed by atoms with Gasteiger partial charge in [0.2, 0.25) is 5.95 Å². The van der Waals surface area contributed by atoms with Crippen LogP contribution in [-0.2, 0) is 6.18 Å². The molecule has 10 heteroatoms. The average molecular weight is 420 g/mol. The van der Waals surface area contributed by atoms with Crippen LogP contribution in [0.1, 0.15) is 12.5 Å². The number of non-ortho nitro benzene ring substituents is 1. The van der Waals surface area contributed by atoms with Gasteiger partial charge in [-0.25, -0.2) is 9.97 Å². The predicted molar refractivity (Wildman–Crippen MR) is 103 cm³/mol. The lowest BCUT2D eigenvalue weighted by molar-refractivity contribution is -0.384. The molecule has 0 atom stereocenters. The van der Waals surface area contributed by atoms with Crippen molar-refractivity contribution in [2.24, 2.45) is 0 Å². The van der Waals surface area contributed by atoms with E-state index in [0.717, 1.165) is 18.0 Å². The largest absolute Gasteiger partial charge is 0.420 e. The van der Waals surface area contributed by atoms with E-state index in [4.69, 9.17) is 0 Å². The quantitative estimate of drug-likeness (QED) is 0.289. The fraction of sp³-hybridized carbons (Fsp3) is 0.158. The lowest BCUT2D eigenvalue weighted by Crippen LogP contribution is -2.20. The summed E-state index contributed by atoms with van der Waals surface area (Å²) < 4.78 is 40.3. The van der Waals surface area contributed by atoms with Gasteiger partial charge >= 0.3 is 6.18 Å². The van der Waals surface area contributed by atoms with E-state index in [2.05, 4.69) is 9.97 Å². The summed E-state index contributed by atoms with van der Waals surface area (Å²) in [4.78, 5) is 20.6. The van der Waals surface area contributed by atoms with Crippen molar-refractivity contribution in [3.8, 4) is 0 Å². The highest BCUT2D eigenvalue weighted by molar-refractivity contribution is 7.99. The second-order valence-corrected chi connectivity index (χ2v) is 6.89. The Bertz CT molecular complexity index is 1020. The van der Waals surface area contributed by atoms with Crippen LogP contribution in [-0.4, -0.2) is 21.4 Å². The molecule has 29 heavy (non-hydrogen) atoms. The molecule has 0 aliphatic rings. The van der Waals surface area contributed by atoms with Gasteiger partial charge in [0, 0.05) is 29.8 Å². The third kappa shape index (κ3) is 4.83. The zero-order chi connectivity index (χ0) is 21.0. The van der Waals surface area contributed by atoms with Crippen molar-refractivity contribution in [3.05, 3.63) is 76.5 Å². The lowest BCUT2D eigenvalue weighted by atomic mass is 10.2. The Morgan fingerprint density at radius 2 is 1.86 bits per heavy atom. The molecule has 0 unspecified atom stereocenters. The molecule has 1 aromatic heterocycles. The molecular weight excluding hydrogens is 405 g/mol. The number of anilines is 2. The standard InChI is InChI=1S/C19H15F3N4O2S/c1-2-25(13-7-6-8-14(11-13)26(27)28)18-23-12-16(19(20,21)22)17(24-18)29-15-9-4-3-5-10-15/h3-12H,2H2,1H3. The van der Waals surface area contributed by atoms with Crippen molar-refractivity contribution in [3.63, 3.8) is 0 Å². The summed E-state index contributed by atoms with van der Waals surface area (Å²) >= 11 is 0.880. The van der Waals surface area contributed by atoms with E-state index >= 15 is 0 Å². The summed E-state index contributed by atoms with van der Waals surface area (Å²) in [5.41, 5.74) is -0.658. The predicted octanol–water partition coefficient (Wildman–Crippen LogP) is 5.71. The van der Waals surface area contributed by atoms with Gasteiger partial charge in [0.15, 0.2) is 0 Å². The molecule has 0 saturated heterocycles. The van der Waals surface area contributed by atoms with Crippen LogP contribution < -0.4 is 4.90 Å². The molecule has 150 valence electrons. The summed E-state index contributed by atoms with van der Waals surface area (Å²) in [5.74, 6) is 0.0272. The Kier molecular flexibility index (Phi) is 6.02. The molecule has 0 aliphatic carbocycles. The summed E-state index contributed by atoms with van der Waals surface area (Å²) in [6.07, 6.45) is -3.87. The molecule has 0 aliphatic heterocycles. The van der Waals surface area contributed by atoms with Crippen molar-refractivity contribution in [2.45, 2.75) is 23.0 Å². The summed E-state index contributed by atoms with van der Waals surface area (Å²) in [6, 6.07) is 14.4. The van der Waals surface area contributed by atoms with Gasteiger partial charge in [-0.05, 0) is 25.1 Å². The normalized spacial score (nSPS) is 11.3. The molecule has 0 N–H and O–H groups in total. The topological polar surface area (TPSA) is 72.2 Å². The van der Waals surface area contributed by atoms with Gasteiger partial charge in [-0.2, -0.15) is 13.2 Å². The number of hydrogen-bond donors (Lipinski definition) is 0. The lowest BCUT2D eigenvalue weighted by Gasteiger charge is -2.22. The van der Waals surface area contributed by atoms with Crippen molar-refractivity contribution >= 4 is 29.1 Å². The number of halogens is 3. The summed E-state index contributed by atoms with van der Waals surface area (Å²) in [7, 11) is 0. The second kappa shape index (κ2) is 8.48. The number of hydrogen-bond acceptors (Lipinski definition) is 6. The molecule has 3 rings (SSSR count). The molecule has 3 aromatic rings. The Morgan fingerprint density at radius 1 is 1.14 bits per heavy atom. The maximum atomic E-state index is 13.4. The SMILES string of the molecule is CCN(c1cccc([N+](=O)[O-])c1)c1ncc(C(F)(F)F)c(Sc2ccccc2)n1. The minimum atomic E-state index is -4.61. The summed E-state index contributed by atoms with van der Waals surface area (Å²) in [6.45, 7) is 2.06. The first-order valence-electron chi connectivity index (χ1n) is 8.48. The van der Waals surface area contributed by atoms with E-state index in [-0.39, 0.29) is 16.7 Å². The highest BCUT2D eigenvalue weighted by Crippen LogP contribution is 2.39. The molecule has 0 bridgehead atoms. The van der Waals surface area contributed by atoms with E-state index in [9.17, 15) is 23.3 Å². The zero-order valence-corrected chi connectivity index (χ0v) is 15.9. The Morgan fingerprint density at radius 3 is 2.48 bits per heavy atom. The smallest absolute Gasteiger partial charge is 0.311 e. The first-order valence-corrected chi connectivity index (χ1v) is 9.30. The number of nitrogens with zero attached hydrogens (tertiary/aromatic N) is 4. The first-order chi connectivity index (χ1) is 13.8. The summed E-state index contributed by atoms with van der Waals surface area (Å²) in [5, 5.41) is 10.8. The van der Waals surface area contributed by atoms with Crippen molar-refractivity contribution in [1.82, 2.24) is 9.97 Å². The Hall–Kier alpha value is -3.14. The number of benzene rings is 2. The average Bonchev–Trinajstić information content (AvgIpc) is 2.69. The highest BCUT2D eigenvalue weighted by atomic mass is 32.2. The number of aromatic nitrogens is 2. The minimum absolute atomic E-state index is 0.0272. The molecule has 0 spiro atoms. The molecular formula is C19H15F3N4O2S. The van der Waals surface area contributed by atoms with Crippen LogP contribution in [0.2, 0.25) is 0 Å². The van der Waals surface area contributed by atoms with E-state index < -0.39 is 16.7 Å². The van der Waals surface area contributed by atoms with E-state index in [1.807, 2.05) is 0 Å². The molecule has 0 radical (unpaired) electrons. The Balaban J connectivity index is 2.05. The third-order valence-electron chi connectivity index (χ3n) is 3.91. The molecule has 1 heterocycles. The van der Waals surface area contributed by atoms with Crippen LogP contribution in [0, 0.1) is 10.1 Å². The van der Waals surface area contributed by atoms with Gasteiger partial charge in [0.25, 0.3) is 5.69 Å². The van der Waals surface area contributed by atoms with Crippen LogP contribution in [0.5, 0.6) is 0 Å². The van der Waals surface area contributed by atoms with Crippen LogP contribution in [0.15, 0.2) is 70.7 Å². The zero-order valence-electron chi connectivity index (χ0n) is 15.1. The number of rotatable bonds is 6. The molecule has 0 amide bonds. The monoisotopic (exact) mass is 420 g/mol. The van der Waals surface area contributed by atoms with Crippen molar-refractivity contribution in [2.75, 3.05) is 11.4 Å². The second-order valence-electron chi connectivity index (χ2n) is 5.82. The third-order valence-corrected chi connectivity index (χ3v) is 4.93. The minimum Gasteiger partial charge on any atom is -0.311 e. The van der Waals surface area contributed by atoms with E-state index in [1.165, 1.54) is 23.1 Å². The molecule has 6 nitrogen and oxygen atoms in total. The number of alkyl halides is 3. The van der Waals surface area contributed by atoms with Crippen LogP contribution in [0.4, 0.5) is 30.5 Å². The van der Waals surface area contributed by atoms with Gasteiger partial charge in [-0.1, -0.05) is 36.0 Å². The van der Waals surface area contributed by atoms with Gasteiger partial charge in [0.05, 0.1) is 10.6 Å². The van der Waals surface area contributed by atoms with Crippen LogP contribution >= 0.6 is 11.8 Å². The fourth-order valence-electron chi connectivity index (χ4n) is 2.57. The number of nitro groups is 1. The maximum Gasteiger partial charge on any atom is 0.420 e. The first kappa shape index (κ1) is 20.6. The van der Waals surface area contributed by atoms with Crippen molar-refractivity contribution < 1.29 is 18.1 Å². The number of nitro benzene ring substituents is 1. The van der Waals surface area contributed by atoms with Gasteiger partial charge in [-0.3, -0.25) is 10.1 Å². The van der Waals surface area contributed by atoms with Gasteiger partial charge < -0.3 is 4.90 Å². The van der Waals surface area contributed by atoms with Crippen LogP contribution in [0.25, 0.3) is 0 Å². The Labute approximate surface area is 168 Å². The van der Waals surface area contributed by atoms with E-state index in [1.54, 1.807) is 43.3 Å². The molecule has 0 saturated carbocycles. The van der Waals surface area contributed by atoms with Crippen LogP contribution in [0.3, 0.4) is 0 Å². The molecule has 2 aromatic carbocycles. The molecule has 0 fully saturated rings. The van der Waals surface area contributed by atoms with Gasteiger partial charge in [0.1, 0.15) is 10.6 Å². The van der Waals surface area contributed by atoms with Crippen molar-refractivity contribution in [1.29, 1.82) is 0 Å². The van der Waals surface area contributed by atoms with E-state index in [0.29, 0.717) is 17.1 Å². The fourth-order valence-corrected chi connectivity index (χ4v) is 3.50. The maximum absolute atomic E-state index is 13.4. The highest BCUT2D eigenvalue weighted by Gasteiger charge is 2.36.